The fraction of sp³-hybridized carbons (Fsp3) is 0.400. The minimum atomic E-state index is -3.57. The maximum Gasteiger partial charge on any atom is 0.306 e. The molecule has 1 aromatic heterocycles. The minimum Gasteiger partial charge on any atom is -0.481 e. The number of benzene rings is 1. The molecule has 0 aliphatic rings. The Balaban J connectivity index is 1.69. The molecule has 1 unspecified atom stereocenters. The second kappa shape index (κ2) is 11.1. The highest BCUT2D eigenvalue weighted by atomic mass is 35.5. The summed E-state index contributed by atoms with van der Waals surface area (Å²) >= 11 is 5.77. The van der Waals surface area contributed by atoms with E-state index in [2.05, 4.69) is 9.71 Å². The van der Waals surface area contributed by atoms with Crippen LogP contribution in [0.5, 0.6) is 0 Å². The summed E-state index contributed by atoms with van der Waals surface area (Å²) in [5.41, 5.74) is 1.10. The van der Waals surface area contributed by atoms with Crippen LogP contribution in [-0.4, -0.2) is 31.0 Å². The van der Waals surface area contributed by atoms with E-state index in [9.17, 15) is 18.3 Å². The first kappa shape index (κ1) is 22.3. The number of aryl methyl sites for hydroxylation is 1. The smallest absolute Gasteiger partial charge is 0.306 e. The van der Waals surface area contributed by atoms with E-state index in [4.69, 9.17) is 11.6 Å². The van der Waals surface area contributed by atoms with Gasteiger partial charge in [-0.1, -0.05) is 24.1 Å². The number of rotatable bonds is 12. The molecule has 0 aliphatic carbocycles. The molecule has 6 nitrogen and oxygen atoms in total. The molecule has 0 saturated carbocycles. The lowest BCUT2D eigenvalue weighted by Crippen LogP contribution is -2.25. The number of carbonyl (C=O) groups is 1. The van der Waals surface area contributed by atoms with Gasteiger partial charge in [0.15, 0.2) is 0 Å². The number of pyridine rings is 1. The predicted molar refractivity (Wildman–Crippen MR) is 109 cm³/mol. The first-order chi connectivity index (χ1) is 13.4. The molecule has 28 heavy (non-hydrogen) atoms. The van der Waals surface area contributed by atoms with Gasteiger partial charge in [-0.05, 0) is 68.0 Å². The summed E-state index contributed by atoms with van der Waals surface area (Å²) in [5, 5.41) is 9.87. The van der Waals surface area contributed by atoms with Gasteiger partial charge in [0.2, 0.25) is 10.0 Å². The van der Waals surface area contributed by atoms with E-state index in [0.29, 0.717) is 30.7 Å². The molecule has 152 valence electrons. The fourth-order valence-electron chi connectivity index (χ4n) is 2.91. The quantitative estimate of drug-likeness (QED) is 0.503. The minimum absolute atomic E-state index is 0.163. The summed E-state index contributed by atoms with van der Waals surface area (Å²) in [6.45, 7) is 0.271. The number of aromatic nitrogens is 1. The Morgan fingerprint density at radius 2 is 1.82 bits per heavy atom. The van der Waals surface area contributed by atoms with Crippen LogP contribution in [0.25, 0.3) is 0 Å². The lowest BCUT2D eigenvalue weighted by atomic mass is 9.95. The summed E-state index contributed by atoms with van der Waals surface area (Å²) in [5.74, 6) is -1.21. The molecule has 0 amide bonds. The Labute approximate surface area is 171 Å². The largest absolute Gasteiger partial charge is 0.481 e. The van der Waals surface area contributed by atoms with Crippen molar-refractivity contribution >= 4 is 27.6 Å². The van der Waals surface area contributed by atoms with Crippen molar-refractivity contribution in [2.75, 3.05) is 6.54 Å². The van der Waals surface area contributed by atoms with Crippen molar-refractivity contribution in [2.45, 2.75) is 43.4 Å². The van der Waals surface area contributed by atoms with Gasteiger partial charge in [-0.25, -0.2) is 13.1 Å². The van der Waals surface area contributed by atoms with E-state index >= 15 is 0 Å². The van der Waals surface area contributed by atoms with Crippen molar-refractivity contribution in [3.63, 3.8) is 0 Å². The summed E-state index contributed by atoms with van der Waals surface area (Å²) in [4.78, 5) is 15.7. The molecule has 2 aromatic rings. The van der Waals surface area contributed by atoms with Gasteiger partial charge in [0.1, 0.15) is 0 Å². The third-order valence-electron chi connectivity index (χ3n) is 4.49. The highest BCUT2D eigenvalue weighted by Crippen LogP contribution is 2.18. The van der Waals surface area contributed by atoms with Crippen molar-refractivity contribution in [3.8, 4) is 0 Å². The Morgan fingerprint density at radius 3 is 2.46 bits per heavy atom. The maximum atomic E-state index is 12.2. The van der Waals surface area contributed by atoms with Gasteiger partial charge in [-0.2, -0.15) is 0 Å². The molecule has 0 spiro atoms. The van der Waals surface area contributed by atoms with Gasteiger partial charge in [-0.3, -0.25) is 9.78 Å². The first-order valence-electron chi connectivity index (χ1n) is 9.25. The van der Waals surface area contributed by atoms with E-state index < -0.39 is 21.9 Å². The molecule has 2 N–H and O–H groups in total. The summed E-state index contributed by atoms with van der Waals surface area (Å²) in [6.07, 6.45) is 7.45. The van der Waals surface area contributed by atoms with Crippen molar-refractivity contribution in [3.05, 3.63) is 59.4 Å². The van der Waals surface area contributed by atoms with Crippen LogP contribution in [0.1, 0.15) is 37.7 Å². The highest BCUT2D eigenvalue weighted by molar-refractivity contribution is 7.89. The third-order valence-corrected chi connectivity index (χ3v) is 6.21. The number of sulfonamides is 1. The van der Waals surface area contributed by atoms with E-state index in [1.807, 2.05) is 12.1 Å². The average Bonchev–Trinajstić information content (AvgIpc) is 2.67. The zero-order valence-corrected chi connectivity index (χ0v) is 17.1. The molecule has 1 heterocycles. The molecule has 0 fully saturated rings. The molecule has 0 radical (unpaired) electrons. The van der Waals surface area contributed by atoms with E-state index in [1.165, 1.54) is 24.3 Å². The highest BCUT2D eigenvalue weighted by Gasteiger charge is 2.17. The zero-order chi connectivity index (χ0) is 20.4. The second-order valence-electron chi connectivity index (χ2n) is 6.64. The predicted octanol–water partition coefficient (Wildman–Crippen LogP) is 3.91. The Morgan fingerprint density at radius 1 is 1.11 bits per heavy atom. The second-order valence-corrected chi connectivity index (χ2v) is 8.84. The summed E-state index contributed by atoms with van der Waals surface area (Å²) < 4.78 is 26.9. The Hall–Kier alpha value is -1.96. The molecule has 0 aliphatic heterocycles. The van der Waals surface area contributed by atoms with Crippen LogP contribution in [0.3, 0.4) is 0 Å². The van der Waals surface area contributed by atoms with Crippen molar-refractivity contribution in [1.82, 2.24) is 9.71 Å². The number of aliphatic carboxylic acids is 1. The number of halogens is 1. The van der Waals surface area contributed by atoms with Gasteiger partial charge in [0.25, 0.3) is 0 Å². The molecule has 1 aromatic carbocycles. The SMILES string of the molecule is O=C(O)C(CCCCNS(=O)(=O)c1ccc(Cl)cc1)CCCc1cccnc1. The Bertz CT molecular complexity index is 842. The van der Waals surface area contributed by atoms with Crippen LogP contribution in [0.4, 0.5) is 0 Å². The van der Waals surface area contributed by atoms with E-state index in [-0.39, 0.29) is 11.4 Å². The lowest BCUT2D eigenvalue weighted by molar-refractivity contribution is -0.142. The lowest BCUT2D eigenvalue weighted by Gasteiger charge is -2.12. The monoisotopic (exact) mass is 424 g/mol. The fourth-order valence-corrected chi connectivity index (χ4v) is 4.11. The summed E-state index contributed by atoms with van der Waals surface area (Å²) in [6, 6.07) is 9.81. The first-order valence-corrected chi connectivity index (χ1v) is 11.1. The van der Waals surface area contributed by atoms with Crippen LogP contribution in [0.2, 0.25) is 5.02 Å². The maximum absolute atomic E-state index is 12.2. The molecular weight excluding hydrogens is 400 g/mol. The number of nitrogens with one attached hydrogen (secondary N) is 1. The third kappa shape index (κ3) is 7.58. The van der Waals surface area contributed by atoms with Crippen molar-refractivity contribution in [1.29, 1.82) is 0 Å². The normalized spacial score (nSPS) is 12.6. The number of nitrogens with zero attached hydrogens (tertiary/aromatic N) is 1. The number of hydrogen-bond acceptors (Lipinski definition) is 4. The number of carboxylic acid groups (broad SMARTS) is 1. The molecule has 8 heteroatoms. The van der Waals surface area contributed by atoms with Crippen molar-refractivity contribution in [2.24, 2.45) is 5.92 Å². The zero-order valence-electron chi connectivity index (χ0n) is 15.6. The van der Waals surface area contributed by atoms with Gasteiger partial charge in [-0.15, -0.1) is 0 Å². The number of carboxylic acids is 1. The van der Waals surface area contributed by atoms with Crippen LogP contribution in [-0.2, 0) is 21.2 Å². The standard InChI is InChI=1S/C20H25ClN2O4S/c21-18-9-11-19(12-10-18)28(26,27)23-14-2-1-7-17(20(24)25)8-3-5-16-6-4-13-22-15-16/h4,6,9-13,15,17,23H,1-3,5,7-8,14H2,(H,24,25). The number of unbranched alkanes of at least 4 members (excludes halogenated alkanes) is 1. The van der Waals surface area contributed by atoms with Crippen LogP contribution in [0, 0.1) is 5.92 Å². The van der Waals surface area contributed by atoms with Crippen LogP contribution >= 0.6 is 11.6 Å². The van der Waals surface area contributed by atoms with Crippen LogP contribution in [0.15, 0.2) is 53.7 Å². The topological polar surface area (TPSA) is 96.4 Å². The van der Waals surface area contributed by atoms with E-state index in [0.717, 1.165) is 18.4 Å². The molecule has 2 rings (SSSR count). The number of hydrogen-bond donors (Lipinski definition) is 2. The Kier molecular flexibility index (Phi) is 8.89. The molecule has 0 bridgehead atoms. The van der Waals surface area contributed by atoms with Gasteiger partial charge < -0.3 is 5.11 Å². The van der Waals surface area contributed by atoms with Gasteiger partial charge in [0, 0.05) is 24.0 Å². The summed E-state index contributed by atoms with van der Waals surface area (Å²) in [7, 11) is -3.57. The van der Waals surface area contributed by atoms with Crippen molar-refractivity contribution < 1.29 is 18.3 Å². The molecule has 1 atom stereocenters. The molecule has 0 saturated heterocycles. The van der Waals surface area contributed by atoms with Gasteiger partial charge >= 0.3 is 5.97 Å². The van der Waals surface area contributed by atoms with E-state index in [1.54, 1.807) is 12.4 Å². The van der Waals surface area contributed by atoms with Crippen LogP contribution < -0.4 is 4.72 Å². The average molecular weight is 425 g/mol. The molecular formula is C20H25ClN2O4S. The van der Waals surface area contributed by atoms with Gasteiger partial charge in [0.05, 0.1) is 10.8 Å².